The molecule has 31 heavy (non-hydrogen) atoms. The second-order valence-corrected chi connectivity index (χ2v) is 7.61. The Balaban J connectivity index is 1.51. The van der Waals surface area contributed by atoms with Crippen LogP contribution < -0.4 is 5.56 Å². The minimum atomic E-state index is -2.71. The average molecular weight is 421 g/mol. The zero-order valence-electron chi connectivity index (χ0n) is 16.3. The van der Waals surface area contributed by atoms with Gasteiger partial charge in [-0.1, -0.05) is 18.2 Å². The Hall–Kier alpha value is -3.75. The summed E-state index contributed by atoms with van der Waals surface area (Å²) in [5.41, 5.74) is 2.52. The van der Waals surface area contributed by atoms with Gasteiger partial charge >= 0.3 is 0 Å². The van der Waals surface area contributed by atoms with E-state index in [9.17, 15) is 18.4 Å². The van der Waals surface area contributed by atoms with Crippen LogP contribution in [0.3, 0.4) is 0 Å². The highest BCUT2D eigenvalue weighted by molar-refractivity contribution is 6.01. The van der Waals surface area contributed by atoms with E-state index in [4.69, 9.17) is 0 Å². The smallest absolute Gasteiger partial charge is 0.290 e. The third-order valence-corrected chi connectivity index (χ3v) is 5.55. The number of hydrogen-bond donors (Lipinski definition) is 1. The van der Waals surface area contributed by atoms with Crippen molar-refractivity contribution in [2.75, 3.05) is 13.1 Å². The van der Waals surface area contributed by atoms with Gasteiger partial charge < -0.3 is 4.90 Å². The molecule has 0 atom stereocenters. The third kappa shape index (κ3) is 3.52. The topological polar surface area (TPSA) is 91.8 Å². The van der Waals surface area contributed by atoms with E-state index >= 15 is 0 Å². The zero-order valence-corrected chi connectivity index (χ0v) is 16.3. The number of para-hydroxylation sites is 1. The SMILES string of the molecule is O=C(c1cnc2c(-c3cnc4c(=O)[nH]ncc4c3)cccc2c1)N1CCC(F)(F)CC1. The summed E-state index contributed by atoms with van der Waals surface area (Å²) in [6.45, 7) is 0.0552. The van der Waals surface area contributed by atoms with Crippen LogP contribution in [0.25, 0.3) is 32.9 Å². The van der Waals surface area contributed by atoms with Crippen LogP contribution in [0.5, 0.6) is 0 Å². The molecule has 1 fully saturated rings. The van der Waals surface area contributed by atoms with Crippen LogP contribution in [0, 0.1) is 0 Å². The van der Waals surface area contributed by atoms with E-state index in [2.05, 4.69) is 20.2 Å². The summed E-state index contributed by atoms with van der Waals surface area (Å²) in [5.74, 6) is -3.00. The summed E-state index contributed by atoms with van der Waals surface area (Å²) in [7, 11) is 0. The molecule has 0 radical (unpaired) electrons. The summed E-state index contributed by atoms with van der Waals surface area (Å²) < 4.78 is 26.8. The van der Waals surface area contributed by atoms with E-state index in [1.54, 1.807) is 12.3 Å². The standard InChI is InChI=1S/C22H17F2N5O2/c23-22(24)4-6-29(7-5-22)21(31)16-8-13-2-1-3-17(18(13)25-11-16)14-9-15-12-27-28-20(30)19(15)26-10-14/h1-3,8-12H,4-7H2,(H,28,30). The fourth-order valence-corrected chi connectivity index (χ4v) is 3.86. The number of aromatic nitrogens is 4. The molecule has 1 saturated heterocycles. The number of piperidine rings is 1. The number of aromatic amines is 1. The summed E-state index contributed by atoms with van der Waals surface area (Å²) in [4.78, 5) is 34.8. The Morgan fingerprint density at radius 1 is 1.00 bits per heavy atom. The number of amides is 1. The van der Waals surface area contributed by atoms with Gasteiger partial charge in [-0.05, 0) is 12.1 Å². The van der Waals surface area contributed by atoms with Crippen molar-refractivity contribution in [3.63, 3.8) is 0 Å². The van der Waals surface area contributed by atoms with Crippen LogP contribution in [0.4, 0.5) is 8.78 Å². The number of benzene rings is 1. The van der Waals surface area contributed by atoms with Crippen LogP contribution in [-0.2, 0) is 0 Å². The van der Waals surface area contributed by atoms with Gasteiger partial charge in [-0.15, -0.1) is 0 Å². The molecular formula is C22H17F2N5O2. The molecule has 0 saturated carbocycles. The summed E-state index contributed by atoms with van der Waals surface area (Å²) in [6, 6.07) is 9.10. The molecule has 4 heterocycles. The minimum absolute atomic E-state index is 0.0276. The largest absolute Gasteiger partial charge is 0.338 e. The number of carbonyl (C=O) groups is 1. The number of hydrogen-bond acceptors (Lipinski definition) is 5. The lowest BCUT2D eigenvalue weighted by atomic mass is 10.0. The molecule has 1 amide bonds. The fourth-order valence-electron chi connectivity index (χ4n) is 3.86. The molecule has 1 N–H and O–H groups in total. The lowest BCUT2D eigenvalue weighted by molar-refractivity contribution is -0.0494. The first-order valence-electron chi connectivity index (χ1n) is 9.81. The van der Waals surface area contributed by atoms with Gasteiger partial charge in [-0.25, -0.2) is 18.9 Å². The number of likely N-dealkylation sites (tertiary alicyclic amines) is 1. The van der Waals surface area contributed by atoms with E-state index in [0.29, 0.717) is 22.0 Å². The predicted octanol–water partition coefficient (Wildman–Crippen LogP) is 3.40. The Morgan fingerprint density at radius 3 is 2.58 bits per heavy atom. The molecule has 0 aliphatic carbocycles. The summed E-state index contributed by atoms with van der Waals surface area (Å²) >= 11 is 0. The first-order valence-corrected chi connectivity index (χ1v) is 9.81. The van der Waals surface area contributed by atoms with Crippen molar-refractivity contribution in [2.45, 2.75) is 18.8 Å². The molecule has 7 nitrogen and oxygen atoms in total. The molecule has 3 aromatic heterocycles. The lowest BCUT2D eigenvalue weighted by Gasteiger charge is -2.31. The van der Waals surface area contributed by atoms with Gasteiger partial charge in [0.05, 0.1) is 17.3 Å². The van der Waals surface area contributed by atoms with E-state index < -0.39 is 5.92 Å². The number of nitrogens with zero attached hydrogens (tertiary/aromatic N) is 4. The molecule has 5 rings (SSSR count). The van der Waals surface area contributed by atoms with Crippen LogP contribution >= 0.6 is 0 Å². The predicted molar refractivity (Wildman–Crippen MR) is 111 cm³/mol. The molecule has 4 aromatic rings. The fraction of sp³-hybridized carbons (Fsp3) is 0.227. The van der Waals surface area contributed by atoms with Gasteiger partial charge in [0.2, 0.25) is 0 Å². The highest BCUT2D eigenvalue weighted by Crippen LogP contribution is 2.30. The van der Waals surface area contributed by atoms with Crippen LogP contribution in [0.1, 0.15) is 23.2 Å². The molecule has 0 unspecified atom stereocenters. The van der Waals surface area contributed by atoms with Gasteiger partial charge in [0.1, 0.15) is 5.52 Å². The number of H-pyrrole nitrogens is 1. The Kier molecular flexibility index (Phi) is 4.46. The Labute approximate surface area is 174 Å². The number of fused-ring (bicyclic) bond motifs is 2. The molecular weight excluding hydrogens is 404 g/mol. The number of rotatable bonds is 2. The van der Waals surface area contributed by atoms with E-state index in [0.717, 1.165) is 16.5 Å². The first-order chi connectivity index (χ1) is 14.9. The van der Waals surface area contributed by atoms with Crippen molar-refractivity contribution >= 4 is 27.7 Å². The van der Waals surface area contributed by atoms with Gasteiger partial charge in [0, 0.05) is 60.2 Å². The molecule has 0 spiro atoms. The van der Waals surface area contributed by atoms with Gasteiger partial charge in [-0.3, -0.25) is 14.6 Å². The second-order valence-electron chi connectivity index (χ2n) is 7.61. The lowest BCUT2D eigenvalue weighted by Crippen LogP contribution is -2.42. The van der Waals surface area contributed by atoms with E-state index in [-0.39, 0.29) is 37.4 Å². The maximum Gasteiger partial charge on any atom is 0.290 e. The van der Waals surface area contributed by atoms with Crippen molar-refractivity contribution in [3.05, 3.63) is 64.8 Å². The summed E-state index contributed by atoms with van der Waals surface area (Å²) in [5, 5.41) is 7.51. The van der Waals surface area contributed by atoms with Crippen LogP contribution in [-0.4, -0.2) is 50.0 Å². The molecule has 1 aromatic carbocycles. The third-order valence-electron chi connectivity index (χ3n) is 5.55. The van der Waals surface area contributed by atoms with E-state index in [1.165, 1.54) is 17.3 Å². The van der Waals surface area contributed by atoms with Crippen molar-refractivity contribution < 1.29 is 13.6 Å². The van der Waals surface area contributed by atoms with Crippen molar-refractivity contribution in [2.24, 2.45) is 0 Å². The highest BCUT2D eigenvalue weighted by atomic mass is 19.3. The minimum Gasteiger partial charge on any atom is -0.338 e. The van der Waals surface area contributed by atoms with E-state index in [1.807, 2.05) is 24.3 Å². The van der Waals surface area contributed by atoms with Gasteiger partial charge in [0.15, 0.2) is 0 Å². The number of carbonyl (C=O) groups excluding carboxylic acids is 1. The molecule has 156 valence electrons. The normalized spacial score (nSPS) is 16.0. The second kappa shape index (κ2) is 7.19. The average Bonchev–Trinajstić information content (AvgIpc) is 2.78. The zero-order chi connectivity index (χ0) is 21.6. The Morgan fingerprint density at radius 2 is 1.77 bits per heavy atom. The van der Waals surface area contributed by atoms with Crippen LogP contribution in [0.15, 0.2) is 53.7 Å². The summed E-state index contributed by atoms with van der Waals surface area (Å²) in [6.07, 6.45) is 3.96. The molecule has 9 heteroatoms. The number of halogens is 2. The van der Waals surface area contributed by atoms with Crippen LogP contribution in [0.2, 0.25) is 0 Å². The number of alkyl halides is 2. The quantitative estimate of drug-likeness (QED) is 0.536. The van der Waals surface area contributed by atoms with Gasteiger partial charge in [0.25, 0.3) is 17.4 Å². The molecule has 1 aliphatic heterocycles. The molecule has 1 aliphatic rings. The molecule has 0 bridgehead atoms. The highest BCUT2D eigenvalue weighted by Gasteiger charge is 2.35. The number of nitrogens with one attached hydrogen (secondary N) is 1. The van der Waals surface area contributed by atoms with Crippen molar-refractivity contribution in [1.82, 2.24) is 25.1 Å². The van der Waals surface area contributed by atoms with Gasteiger partial charge in [-0.2, -0.15) is 5.10 Å². The maximum absolute atomic E-state index is 13.4. The van der Waals surface area contributed by atoms with Crippen molar-refractivity contribution in [1.29, 1.82) is 0 Å². The first kappa shape index (κ1) is 19.2. The maximum atomic E-state index is 13.4. The monoisotopic (exact) mass is 421 g/mol. The Bertz CT molecular complexity index is 1380. The van der Waals surface area contributed by atoms with Crippen molar-refractivity contribution in [3.8, 4) is 11.1 Å². The number of pyridine rings is 2.